The molecule has 0 spiro atoms. The van der Waals surface area contributed by atoms with Crippen LogP contribution in [-0.2, 0) is 9.59 Å². The maximum atomic E-state index is 12.5. The molecule has 1 N–H and O–H groups in total. The van der Waals surface area contributed by atoms with E-state index in [1.165, 1.54) is 4.88 Å². The van der Waals surface area contributed by atoms with Crippen LogP contribution in [0.15, 0.2) is 17.5 Å². The van der Waals surface area contributed by atoms with E-state index in [-0.39, 0.29) is 18.4 Å². The molecule has 0 bridgehead atoms. The molecule has 5 nitrogen and oxygen atoms in total. The Bertz CT molecular complexity index is 475. The van der Waals surface area contributed by atoms with Gasteiger partial charge in [-0.05, 0) is 30.8 Å². The largest absolute Gasteiger partial charge is 0.481 e. The summed E-state index contributed by atoms with van der Waals surface area (Å²) in [4.78, 5) is 28.3. The lowest BCUT2D eigenvalue weighted by Crippen LogP contribution is -2.40. The van der Waals surface area contributed by atoms with Crippen molar-refractivity contribution in [3.63, 3.8) is 0 Å². The van der Waals surface area contributed by atoms with Crippen molar-refractivity contribution in [3.8, 4) is 0 Å². The zero-order chi connectivity index (χ0) is 15.2. The lowest BCUT2D eigenvalue weighted by atomic mass is 10.2. The van der Waals surface area contributed by atoms with Crippen LogP contribution in [0.5, 0.6) is 0 Å². The van der Waals surface area contributed by atoms with Crippen molar-refractivity contribution in [3.05, 3.63) is 22.4 Å². The Hall–Kier alpha value is -1.40. The Labute approximate surface area is 129 Å². The molecule has 0 aromatic carbocycles. The molecule has 1 fully saturated rings. The number of thiophene rings is 1. The Morgan fingerprint density at radius 3 is 2.95 bits per heavy atom. The van der Waals surface area contributed by atoms with Gasteiger partial charge in [0.05, 0.1) is 19.0 Å². The van der Waals surface area contributed by atoms with Crippen LogP contribution in [0.4, 0.5) is 0 Å². The number of hydrogen-bond acceptors (Lipinski definition) is 4. The van der Waals surface area contributed by atoms with E-state index in [9.17, 15) is 9.59 Å². The van der Waals surface area contributed by atoms with Crippen LogP contribution in [0.2, 0.25) is 0 Å². The molecule has 21 heavy (non-hydrogen) atoms. The second kappa shape index (κ2) is 7.56. The van der Waals surface area contributed by atoms with Gasteiger partial charge in [0.15, 0.2) is 0 Å². The monoisotopic (exact) mass is 310 g/mol. The van der Waals surface area contributed by atoms with Gasteiger partial charge >= 0.3 is 5.97 Å². The van der Waals surface area contributed by atoms with Gasteiger partial charge in [-0.15, -0.1) is 11.3 Å². The topological polar surface area (TPSA) is 60.9 Å². The predicted molar refractivity (Wildman–Crippen MR) is 82.4 cm³/mol. The fourth-order valence-electron chi connectivity index (χ4n) is 2.73. The summed E-state index contributed by atoms with van der Waals surface area (Å²) in [6.07, 6.45) is 2.14. The van der Waals surface area contributed by atoms with Gasteiger partial charge in [0, 0.05) is 18.0 Å². The number of hydrogen-bond donors (Lipinski definition) is 1. The van der Waals surface area contributed by atoms with Crippen molar-refractivity contribution in [2.24, 2.45) is 0 Å². The predicted octanol–water partition coefficient (Wildman–Crippen LogP) is 2.21. The minimum atomic E-state index is -0.821. The number of nitrogens with zero attached hydrogens (tertiary/aromatic N) is 2. The third kappa shape index (κ3) is 4.28. The van der Waals surface area contributed by atoms with Crippen molar-refractivity contribution < 1.29 is 14.7 Å². The lowest BCUT2D eigenvalue weighted by Gasteiger charge is -2.27. The standard InChI is InChI=1S/C15H22N2O3S/c1-2-16(9-7-15(19)20)11-14(18)17-8-3-5-12(17)13-6-4-10-21-13/h4,6,10,12H,2-3,5,7-9,11H2,1H3,(H,19,20). The van der Waals surface area contributed by atoms with Crippen LogP contribution in [0.3, 0.4) is 0 Å². The average Bonchev–Trinajstić information content (AvgIpc) is 3.11. The van der Waals surface area contributed by atoms with Crippen molar-refractivity contribution in [1.29, 1.82) is 0 Å². The molecular formula is C15H22N2O3S. The molecule has 0 aliphatic carbocycles. The Morgan fingerprint density at radius 2 is 2.33 bits per heavy atom. The Balaban J connectivity index is 1.93. The van der Waals surface area contributed by atoms with Crippen LogP contribution in [0.25, 0.3) is 0 Å². The van der Waals surface area contributed by atoms with Crippen LogP contribution >= 0.6 is 11.3 Å². The Kier molecular flexibility index (Phi) is 5.76. The summed E-state index contributed by atoms with van der Waals surface area (Å²) < 4.78 is 0. The fraction of sp³-hybridized carbons (Fsp3) is 0.600. The van der Waals surface area contributed by atoms with E-state index in [0.29, 0.717) is 19.6 Å². The summed E-state index contributed by atoms with van der Waals surface area (Å²) in [6, 6.07) is 4.31. The SMILES string of the molecule is CCN(CCC(=O)O)CC(=O)N1CCCC1c1cccs1. The minimum absolute atomic E-state index is 0.0788. The van der Waals surface area contributed by atoms with Gasteiger partial charge in [-0.25, -0.2) is 0 Å². The summed E-state index contributed by atoms with van der Waals surface area (Å²) in [5.74, 6) is -0.711. The van der Waals surface area contributed by atoms with Crippen molar-refractivity contribution in [1.82, 2.24) is 9.80 Å². The highest BCUT2D eigenvalue weighted by molar-refractivity contribution is 7.10. The van der Waals surface area contributed by atoms with E-state index >= 15 is 0 Å². The molecule has 1 aromatic rings. The summed E-state index contributed by atoms with van der Waals surface area (Å²) >= 11 is 1.69. The number of carboxylic acids is 1. The fourth-order valence-corrected chi connectivity index (χ4v) is 3.60. The first kappa shape index (κ1) is 16.0. The number of likely N-dealkylation sites (N-methyl/N-ethyl adjacent to an activating group) is 1. The first-order valence-corrected chi connectivity index (χ1v) is 8.26. The molecule has 1 aliphatic rings. The summed E-state index contributed by atoms with van der Waals surface area (Å²) in [6.45, 7) is 4.19. The van der Waals surface area contributed by atoms with Crippen LogP contribution in [0, 0.1) is 0 Å². The highest BCUT2D eigenvalue weighted by atomic mass is 32.1. The smallest absolute Gasteiger partial charge is 0.304 e. The van der Waals surface area contributed by atoms with Gasteiger partial charge in [0.1, 0.15) is 0 Å². The van der Waals surface area contributed by atoms with E-state index in [2.05, 4.69) is 6.07 Å². The number of amides is 1. The first-order chi connectivity index (χ1) is 10.1. The summed E-state index contributed by atoms with van der Waals surface area (Å²) in [5.41, 5.74) is 0. The first-order valence-electron chi connectivity index (χ1n) is 7.38. The lowest BCUT2D eigenvalue weighted by molar-refractivity contribution is -0.138. The van der Waals surface area contributed by atoms with Gasteiger partial charge in [0.25, 0.3) is 0 Å². The highest BCUT2D eigenvalue weighted by Crippen LogP contribution is 2.34. The van der Waals surface area contributed by atoms with E-state index in [1.807, 2.05) is 28.2 Å². The van der Waals surface area contributed by atoms with Crippen molar-refractivity contribution >= 4 is 23.2 Å². The number of carboxylic acid groups (broad SMARTS) is 1. The molecule has 0 radical (unpaired) electrons. The number of carbonyl (C=O) groups is 2. The maximum absolute atomic E-state index is 12.5. The summed E-state index contributed by atoms with van der Waals surface area (Å²) in [5, 5.41) is 10.8. The second-order valence-corrected chi connectivity index (χ2v) is 6.25. The number of rotatable bonds is 7. The molecule has 6 heteroatoms. The van der Waals surface area contributed by atoms with E-state index in [4.69, 9.17) is 5.11 Å². The van der Waals surface area contributed by atoms with Crippen LogP contribution in [0.1, 0.15) is 37.1 Å². The molecule has 0 saturated carbocycles. The second-order valence-electron chi connectivity index (χ2n) is 5.27. The molecule has 1 aromatic heterocycles. The number of likely N-dealkylation sites (tertiary alicyclic amines) is 1. The van der Waals surface area contributed by atoms with Gasteiger partial charge < -0.3 is 10.0 Å². The molecule has 2 rings (SSSR count). The molecule has 2 heterocycles. The van der Waals surface area contributed by atoms with Gasteiger partial charge in [-0.2, -0.15) is 0 Å². The third-order valence-electron chi connectivity index (χ3n) is 3.89. The molecule has 1 aliphatic heterocycles. The van der Waals surface area contributed by atoms with Crippen LogP contribution < -0.4 is 0 Å². The number of aliphatic carboxylic acids is 1. The maximum Gasteiger partial charge on any atom is 0.304 e. The van der Waals surface area contributed by atoms with Crippen LogP contribution in [-0.4, -0.2) is 53.0 Å². The average molecular weight is 310 g/mol. The zero-order valence-electron chi connectivity index (χ0n) is 12.3. The molecule has 1 atom stereocenters. The molecule has 1 unspecified atom stereocenters. The van der Waals surface area contributed by atoms with E-state index < -0.39 is 5.97 Å². The molecular weight excluding hydrogens is 288 g/mol. The van der Waals surface area contributed by atoms with Crippen molar-refractivity contribution in [2.75, 3.05) is 26.2 Å². The van der Waals surface area contributed by atoms with Gasteiger partial charge in [0.2, 0.25) is 5.91 Å². The van der Waals surface area contributed by atoms with Crippen molar-refractivity contribution in [2.45, 2.75) is 32.2 Å². The minimum Gasteiger partial charge on any atom is -0.481 e. The third-order valence-corrected chi connectivity index (χ3v) is 4.87. The zero-order valence-corrected chi connectivity index (χ0v) is 13.1. The molecule has 116 valence electrons. The van der Waals surface area contributed by atoms with E-state index in [0.717, 1.165) is 19.4 Å². The van der Waals surface area contributed by atoms with E-state index in [1.54, 1.807) is 11.3 Å². The quantitative estimate of drug-likeness (QED) is 0.839. The molecule has 1 amide bonds. The van der Waals surface area contributed by atoms with Gasteiger partial charge in [-0.3, -0.25) is 14.5 Å². The molecule has 1 saturated heterocycles. The number of carbonyl (C=O) groups excluding carboxylic acids is 1. The normalized spacial score (nSPS) is 18.4. The highest BCUT2D eigenvalue weighted by Gasteiger charge is 2.30. The van der Waals surface area contributed by atoms with Gasteiger partial charge in [-0.1, -0.05) is 13.0 Å². The Morgan fingerprint density at radius 1 is 1.52 bits per heavy atom. The summed E-state index contributed by atoms with van der Waals surface area (Å²) in [7, 11) is 0.